The van der Waals surface area contributed by atoms with Gasteiger partial charge in [0.25, 0.3) is 0 Å². The molecule has 0 aromatic carbocycles. The lowest BCUT2D eigenvalue weighted by atomic mass is 10.1. The molecule has 0 radical (unpaired) electrons. The van der Waals surface area contributed by atoms with Crippen LogP contribution < -0.4 is 5.32 Å². The van der Waals surface area contributed by atoms with E-state index in [2.05, 4.69) is 10.3 Å². The number of carboxylic acids is 1. The van der Waals surface area contributed by atoms with Gasteiger partial charge in [0.15, 0.2) is 0 Å². The molecule has 2 heterocycles. The van der Waals surface area contributed by atoms with Crippen LogP contribution in [0, 0.1) is 5.92 Å². The topological polar surface area (TPSA) is 99.6 Å². The Kier molecular flexibility index (Phi) is 3.97. The van der Waals surface area contributed by atoms with Gasteiger partial charge in [0, 0.05) is 25.7 Å². The summed E-state index contributed by atoms with van der Waals surface area (Å²) in [7, 11) is 0. The Bertz CT molecular complexity index is 558. The largest absolute Gasteiger partial charge is 0.478 e. The van der Waals surface area contributed by atoms with Crippen LogP contribution in [0.1, 0.15) is 23.7 Å². The fourth-order valence-electron chi connectivity index (χ4n) is 2.11. The molecular formula is C13H15N3O4. The number of amides is 2. The molecule has 2 rings (SSSR count). The van der Waals surface area contributed by atoms with Crippen LogP contribution in [0.4, 0.5) is 5.82 Å². The number of hydrogen-bond donors (Lipinski definition) is 2. The number of nitrogens with zero attached hydrogens (tertiary/aromatic N) is 2. The summed E-state index contributed by atoms with van der Waals surface area (Å²) < 4.78 is 0. The molecule has 1 saturated heterocycles. The van der Waals surface area contributed by atoms with Crippen LogP contribution in [-0.4, -0.2) is 45.9 Å². The molecule has 0 spiro atoms. The van der Waals surface area contributed by atoms with E-state index in [4.69, 9.17) is 5.11 Å². The van der Waals surface area contributed by atoms with Crippen molar-refractivity contribution in [2.75, 3.05) is 18.4 Å². The van der Waals surface area contributed by atoms with E-state index >= 15 is 0 Å². The summed E-state index contributed by atoms with van der Waals surface area (Å²) in [4.78, 5) is 39.9. The van der Waals surface area contributed by atoms with Gasteiger partial charge < -0.3 is 15.3 Å². The Morgan fingerprint density at radius 3 is 2.90 bits per heavy atom. The van der Waals surface area contributed by atoms with Crippen molar-refractivity contribution in [1.29, 1.82) is 0 Å². The van der Waals surface area contributed by atoms with Crippen LogP contribution in [-0.2, 0) is 9.59 Å². The lowest BCUT2D eigenvalue weighted by molar-refractivity contribution is -0.128. The maximum atomic E-state index is 12.0. The summed E-state index contributed by atoms with van der Waals surface area (Å²) in [5.74, 6) is -1.68. The SMILES string of the molecule is CCN1CC(C(=O)Nc2cc(C(=O)O)ccn2)CC1=O. The molecule has 20 heavy (non-hydrogen) atoms. The number of carbonyl (C=O) groups excluding carboxylic acids is 2. The Morgan fingerprint density at radius 1 is 1.55 bits per heavy atom. The summed E-state index contributed by atoms with van der Waals surface area (Å²) in [6, 6.07) is 2.63. The second-order valence-corrected chi connectivity index (χ2v) is 4.56. The first-order valence-electron chi connectivity index (χ1n) is 6.29. The third-order valence-corrected chi connectivity index (χ3v) is 3.23. The smallest absolute Gasteiger partial charge is 0.335 e. The van der Waals surface area contributed by atoms with Gasteiger partial charge in [0.1, 0.15) is 5.82 Å². The summed E-state index contributed by atoms with van der Waals surface area (Å²) in [6.07, 6.45) is 1.50. The van der Waals surface area contributed by atoms with Crippen LogP contribution >= 0.6 is 0 Å². The number of carbonyl (C=O) groups is 3. The monoisotopic (exact) mass is 277 g/mol. The van der Waals surface area contributed by atoms with Gasteiger partial charge in [-0.05, 0) is 19.1 Å². The summed E-state index contributed by atoms with van der Waals surface area (Å²) in [6.45, 7) is 2.82. The van der Waals surface area contributed by atoms with Crippen molar-refractivity contribution in [3.63, 3.8) is 0 Å². The molecule has 1 aliphatic heterocycles. The number of aromatic carboxylic acids is 1. The van der Waals surface area contributed by atoms with E-state index < -0.39 is 11.9 Å². The molecule has 0 aliphatic carbocycles. The molecule has 7 heteroatoms. The van der Waals surface area contributed by atoms with Gasteiger partial charge in [-0.15, -0.1) is 0 Å². The van der Waals surface area contributed by atoms with E-state index in [1.807, 2.05) is 6.92 Å². The summed E-state index contributed by atoms with van der Waals surface area (Å²) in [5, 5.41) is 11.4. The van der Waals surface area contributed by atoms with Crippen molar-refractivity contribution in [2.45, 2.75) is 13.3 Å². The molecule has 1 fully saturated rings. The predicted octanol–water partition coefficient (Wildman–Crippen LogP) is 0.587. The van der Waals surface area contributed by atoms with Gasteiger partial charge >= 0.3 is 5.97 Å². The molecule has 1 unspecified atom stereocenters. The number of pyridine rings is 1. The molecule has 0 bridgehead atoms. The lowest BCUT2D eigenvalue weighted by Gasteiger charge is -2.13. The predicted molar refractivity (Wildman–Crippen MR) is 70.2 cm³/mol. The Hall–Kier alpha value is -2.44. The minimum Gasteiger partial charge on any atom is -0.478 e. The van der Waals surface area contributed by atoms with Crippen molar-refractivity contribution < 1.29 is 19.5 Å². The fourth-order valence-corrected chi connectivity index (χ4v) is 2.11. The highest BCUT2D eigenvalue weighted by atomic mass is 16.4. The maximum absolute atomic E-state index is 12.0. The van der Waals surface area contributed by atoms with Gasteiger partial charge in [-0.1, -0.05) is 0 Å². The van der Waals surface area contributed by atoms with Gasteiger partial charge in [-0.3, -0.25) is 9.59 Å². The van der Waals surface area contributed by atoms with Gasteiger partial charge in [0.05, 0.1) is 11.5 Å². The highest BCUT2D eigenvalue weighted by Crippen LogP contribution is 2.19. The highest BCUT2D eigenvalue weighted by Gasteiger charge is 2.33. The van der Waals surface area contributed by atoms with Crippen molar-refractivity contribution in [1.82, 2.24) is 9.88 Å². The van der Waals surface area contributed by atoms with Crippen molar-refractivity contribution >= 4 is 23.6 Å². The number of likely N-dealkylation sites (tertiary alicyclic amines) is 1. The van der Waals surface area contributed by atoms with Gasteiger partial charge in [-0.25, -0.2) is 9.78 Å². The van der Waals surface area contributed by atoms with Crippen LogP contribution in [0.3, 0.4) is 0 Å². The maximum Gasteiger partial charge on any atom is 0.335 e. The third-order valence-electron chi connectivity index (χ3n) is 3.23. The number of aromatic nitrogens is 1. The molecule has 2 amide bonds. The molecule has 7 nitrogen and oxygen atoms in total. The van der Waals surface area contributed by atoms with Crippen LogP contribution in [0.5, 0.6) is 0 Å². The second-order valence-electron chi connectivity index (χ2n) is 4.56. The van der Waals surface area contributed by atoms with E-state index in [1.54, 1.807) is 4.90 Å². The first-order chi connectivity index (χ1) is 9.51. The molecule has 1 aliphatic rings. The average molecular weight is 277 g/mol. The second kappa shape index (κ2) is 5.68. The van der Waals surface area contributed by atoms with Crippen LogP contribution in [0.15, 0.2) is 18.3 Å². The number of carboxylic acid groups (broad SMARTS) is 1. The van der Waals surface area contributed by atoms with Crippen LogP contribution in [0.25, 0.3) is 0 Å². The zero-order chi connectivity index (χ0) is 14.7. The summed E-state index contributed by atoms with van der Waals surface area (Å²) in [5.41, 5.74) is 0.0491. The zero-order valence-electron chi connectivity index (χ0n) is 11.0. The van der Waals surface area contributed by atoms with Crippen LogP contribution in [0.2, 0.25) is 0 Å². The average Bonchev–Trinajstić information content (AvgIpc) is 2.80. The number of rotatable bonds is 4. The Balaban J connectivity index is 2.03. The molecular weight excluding hydrogens is 262 g/mol. The van der Waals surface area contributed by atoms with E-state index in [-0.39, 0.29) is 29.6 Å². The normalized spacial score (nSPS) is 18.1. The number of hydrogen-bond acceptors (Lipinski definition) is 4. The molecule has 0 saturated carbocycles. The molecule has 2 N–H and O–H groups in total. The molecule has 1 aromatic rings. The Morgan fingerprint density at radius 2 is 2.30 bits per heavy atom. The van der Waals surface area contributed by atoms with E-state index in [0.717, 1.165) is 0 Å². The molecule has 1 atom stereocenters. The van der Waals surface area contributed by atoms with Gasteiger partial charge in [-0.2, -0.15) is 0 Å². The molecule has 1 aromatic heterocycles. The van der Waals surface area contributed by atoms with Crippen molar-refractivity contribution in [3.8, 4) is 0 Å². The lowest BCUT2D eigenvalue weighted by Crippen LogP contribution is -2.28. The fraction of sp³-hybridized carbons (Fsp3) is 0.385. The zero-order valence-corrected chi connectivity index (χ0v) is 11.0. The first kappa shape index (κ1) is 14.0. The first-order valence-corrected chi connectivity index (χ1v) is 6.29. The van der Waals surface area contributed by atoms with E-state index in [1.165, 1.54) is 18.3 Å². The minimum atomic E-state index is -1.09. The molecule has 106 valence electrons. The number of nitrogens with one attached hydrogen (secondary N) is 1. The van der Waals surface area contributed by atoms with E-state index in [9.17, 15) is 14.4 Å². The van der Waals surface area contributed by atoms with E-state index in [0.29, 0.717) is 13.1 Å². The quantitative estimate of drug-likeness (QED) is 0.839. The third kappa shape index (κ3) is 2.93. The van der Waals surface area contributed by atoms with Crippen molar-refractivity contribution in [3.05, 3.63) is 23.9 Å². The van der Waals surface area contributed by atoms with Crippen molar-refractivity contribution in [2.24, 2.45) is 5.92 Å². The Labute approximate surface area is 115 Å². The number of anilines is 1. The minimum absolute atomic E-state index is 0.0418. The standard InChI is InChI=1S/C13H15N3O4/c1-2-16-7-9(6-11(16)17)12(18)15-10-5-8(13(19)20)3-4-14-10/h3-5,9H,2,6-7H2,1H3,(H,19,20)(H,14,15,18). The van der Waals surface area contributed by atoms with Gasteiger partial charge in [0.2, 0.25) is 11.8 Å². The summed E-state index contributed by atoms with van der Waals surface area (Å²) >= 11 is 0. The highest BCUT2D eigenvalue weighted by molar-refractivity contribution is 5.97.